The van der Waals surface area contributed by atoms with Crippen LogP contribution in [0, 0.1) is 13.8 Å². The van der Waals surface area contributed by atoms with Gasteiger partial charge in [-0.25, -0.2) is 4.79 Å². The lowest BCUT2D eigenvalue weighted by molar-refractivity contribution is 0.0696. The summed E-state index contributed by atoms with van der Waals surface area (Å²) in [6.45, 7) is 4.42. The van der Waals surface area contributed by atoms with E-state index in [1.54, 1.807) is 12.1 Å². The number of methoxy groups -OCH3 is 1. The molecule has 24 heavy (non-hydrogen) atoms. The number of aromatic carboxylic acids is 1. The molecule has 0 saturated heterocycles. The zero-order chi connectivity index (χ0) is 17.7. The molecule has 0 fully saturated rings. The summed E-state index contributed by atoms with van der Waals surface area (Å²) in [4.78, 5) is 23.2. The molecule has 2 aromatic carbocycles. The fourth-order valence-corrected chi connectivity index (χ4v) is 2.38. The number of aryl methyl sites for hydroxylation is 2. The van der Waals surface area contributed by atoms with E-state index in [0.717, 1.165) is 16.7 Å². The molecule has 0 heterocycles. The van der Waals surface area contributed by atoms with Gasteiger partial charge in [0.2, 0.25) is 0 Å². The summed E-state index contributed by atoms with van der Waals surface area (Å²) in [7, 11) is 1.50. The van der Waals surface area contributed by atoms with Gasteiger partial charge < -0.3 is 15.2 Å². The summed E-state index contributed by atoms with van der Waals surface area (Å²) in [6, 6.07) is 10.3. The van der Waals surface area contributed by atoms with Gasteiger partial charge in [0.05, 0.1) is 12.7 Å². The zero-order valence-electron chi connectivity index (χ0n) is 14.1. The quantitative estimate of drug-likeness (QED) is 0.855. The molecule has 2 N–H and O–H groups in total. The van der Waals surface area contributed by atoms with E-state index in [-0.39, 0.29) is 11.5 Å². The SMILES string of the molecule is COc1cc(C(=O)O)ccc1CCNC(=O)c1ccc(C)c(C)c1. The first-order valence-electron chi connectivity index (χ1n) is 7.68. The highest BCUT2D eigenvalue weighted by atomic mass is 16.5. The second-order valence-electron chi connectivity index (χ2n) is 5.64. The standard InChI is InChI=1S/C19H21NO4/c1-12-4-5-15(10-13(12)2)18(21)20-9-8-14-6-7-16(19(22)23)11-17(14)24-3/h4-7,10-11H,8-9H2,1-3H3,(H,20,21)(H,22,23). The van der Waals surface area contributed by atoms with Crippen LogP contribution in [0.4, 0.5) is 0 Å². The highest BCUT2D eigenvalue weighted by Gasteiger charge is 2.10. The van der Waals surface area contributed by atoms with Crippen LogP contribution in [0.25, 0.3) is 0 Å². The van der Waals surface area contributed by atoms with Gasteiger partial charge >= 0.3 is 5.97 Å². The number of ether oxygens (including phenoxy) is 1. The zero-order valence-corrected chi connectivity index (χ0v) is 14.1. The van der Waals surface area contributed by atoms with Crippen LogP contribution in [0.1, 0.15) is 37.4 Å². The smallest absolute Gasteiger partial charge is 0.335 e. The number of carboxylic acid groups (broad SMARTS) is 1. The molecule has 0 saturated carbocycles. The first-order valence-corrected chi connectivity index (χ1v) is 7.68. The first-order chi connectivity index (χ1) is 11.4. The maximum Gasteiger partial charge on any atom is 0.335 e. The Hall–Kier alpha value is -2.82. The minimum atomic E-state index is -0.997. The second-order valence-corrected chi connectivity index (χ2v) is 5.64. The number of hydrogen-bond donors (Lipinski definition) is 2. The highest BCUT2D eigenvalue weighted by molar-refractivity contribution is 5.94. The van der Waals surface area contributed by atoms with Crippen molar-refractivity contribution in [2.45, 2.75) is 20.3 Å². The molecule has 0 aliphatic rings. The van der Waals surface area contributed by atoms with Gasteiger partial charge in [0.1, 0.15) is 5.75 Å². The van der Waals surface area contributed by atoms with Crippen molar-refractivity contribution in [2.75, 3.05) is 13.7 Å². The number of carbonyl (C=O) groups excluding carboxylic acids is 1. The van der Waals surface area contributed by atoms with Gasteiger partial charge in [-0.15, -0.1) is 0 Å². The van der Waals surface area contributed by atoms with Crippen LogP contribution in [-0.2, 0) is 6.42 Å². The van der Waals surface area contributed by atoms with E-state index in [4.69, 9.17) is 9.84 Å². The number of nitrogens with one attached hydrogen (secondary N) is 1. The number of rotatable bonds is 6. The Labute approximate surface area is 141 Å². The number of hydrogen-bond acceptors (Lipinski definition) is 3. The molecule has 0 aromatic heterocycles. The Morgan fingerprint density at radius 2 is 1.75 bits per heavy atom. The lowest BCUT2D eigenvalue weighted by atomic mass is 10.1. The second kappa shape index (κ2) is 7.64. The van der Waals surface area contributed by atoms with Crippen LogP contribution < -0.4 is 10.1 Å². The third-order valence-corrected chi connectivity index (χ3v) is 3.98. The van der Waals surface area contributed by atoms with E-state index in [9.17, 15) is 9.59 Å². The van der Waals surface area contributed by atoms with E-state index in [1.165, 1.54) is 19.2 Å². The monoisotopic (exact) mass is 327 g/mol. The summed E-state index contributed by atoms with van der Waals surface area (Å²) in [5, 5.41) is 11.9. The summed E-state index contributed by atoms with van der Waals surface area (Å²) < 4.78 is 5.23. The van der Waals surface area contributed by atoms with Gasteiger partial charge in [-0.3, -0.25) is 4.79 Å². The third-order valence-electron chi connectivity index (χ3n) is 3.98. The van der Waals surface area contributed by atoms with Gasteiger partial charge in [-0.05, 0) is 61.2 Å². The maximum absolute atomic E-state index is 12.2. The summed E-state index contributed by atoms with van der Waals surface area (Å²) in [5.41, 5.74) is 3.88. The van der Waals surface area contributed by atoms with Crippen molar-refractivity contribution < 1.29 is 19.4 Å². The Balaban J connectivity index is 1.99. The van der Waals surface area contributed by atoms with Crippen molar-refractivity contribution in [3.05, 3.63) is 64.2 Å². The maximum atomic E-state index is 12.2. The lowest BCUT2D eigenvalue weighted by Crippen LogP contribution is -2.25. The first kappa shape index (κ1) is 17.5. The van der Waals surface area contributed by atoms with E-state index < -0.39 is 5.97 Å². The van der Waals surface area contributed by atoms with Gasteiger partial charge in [0, 0.05) is 12.1 Å². The molecule has 5 nitrogen and oxygen atoms in total. The Bertz CT molecular complexity index is 768. The van der Waals surface area contributed by atoms with Crippen molar-refractivity contribution in [3.8, 4) is 5.75 Å². The van der Waals surface area contributed by atoms with Crippen LogP contribution >= 0.6 is 0 Å². The largest absolute Gasteiger partial charge is 0.496 e. The number of carbonyl (C=O) groups is 2. The molecular formula is C19H21NO4. The van der Waals surface area contributed by atoms with Crippen molar-refractivity contribution >= 4 is 11.9 Å². The molecule has 126 valence electrons. The average molecular weight is 327 g/mol. The van der Waals surface area contributed by atoms with Crippen LogP contribution in [0.3, 0.4) is 0 Å². The number of benzene rings is 2. The minimum Gasteiger partial charge on any atom is -0.496 e. The molecule has 2 aromatic rings. The molecule has 1 amide bonds. The van der Waals surface area contributed by atoms with E-state index in [2.05, 4.69) is 5.32 Å². The molecule has 5 heteroatoms. The lowest BCUT2D eigenvalue weighted by Gasteiger charge is -2.11. The molecule has 0 bridgehead atoms. The minimum absolute atomic E-state index is 0.126. The van der Waals surface area contributed by atoms with Crippen LogP contribution in [0.15, 0.2) is 36.4 Å². The molecule has 2 rings (SSSR count). The van der Waals surface area contributed by atoms with E-state index >= 15 is 0 Å². The van der Waals surface area contributed by atoms with Crippen LogP contribution in [0.5, 0.6) is 5.75 Å². The molecule has 0 atom stereocenters. The molecule has 0 aliphatic carbocycles. The topological polar surface area (TPSA) is 75.6 Å². The third kappa shape index (κ3) is 4.13. The van der Waals surface area contributed by atoms with Gasteiger partial charge in [-0.2, -0.15) is 0 Å². The van der Waals surface area contributed by atoms with E-state index in [0.29, 0.717) is 24.3 Å². The summed E-state index contributed by atoms with van der Waals surface area (Å²) in [5.74, 6) is -0.613. The fourth-order valence-electron chi connectivity index (χ4n) is 2.38. The Morgan fingerprint density at radius 3 is 2.38 bits per heavy atom. The van der Waals surface area contributed by atoms with Crippen molar-refractivity contribution in [3.63, 3.8) is 0 Å². The van der Waals surface area contributed by atoms with Gasteiger partial charge in [-0.1, -0.05) is 12.1 Å². The predicted octanol–water partition coefficient (Wildman–Crippen LogP) is 2.98. The predicted molar refractivity (Wildman–Crippen MR) is 91.9 cm³/mol. The molecule has 0 unspecified atom stereocenters. The van der Waals surface area contributed by atoms with E-state index in [1.807, 2.05) is 26.0 Å². The van der Waals surface area contributed by atoms with Crippen molar-refractivity contribution in [2.24, 2.45) is 0 Å². The number of amides is 1. The molecular weight excluding hydrogens is 306 g/mol. The van der Waals surface area contributed by atoms with Gasteiger partial charge in [0.25, 0.3) is 5.91 Å². The molecule has 0 aliphatic heterocycles. The summed E-state index contributed by atoms with van der Waals surface area (Å²) >= 11 is 0. The average Bonchev–Trinajstić information content (AvgIpc) is 2.57. The molecule has 0 radical (unpaired) electrons. The Morgan fingerprint density at radius 1 is 1.04 bits per heavy atom. The van der Waals surface area contributed by atoms with Crippen molar-refractivity contribution in [1.29, 1.82) is 0 Å². The normalized spacial score (nSPS) is 10.3. The molecule has 0 spiro atoms. The van der Waals surface area contributed by atoms with Crippen molar-refractivity contribution in [1.82, 2.24) is 5.32 Å². The van der Waals surface area contributed by atoms with Gasteiger partial charge in [0.15, 0.2) is 0 Å². The highest BCUT2D eigenvalue weighted by Crippen LogP contribution is 2.20. The Kier molecular flexibility index (Phi) is 5.58. The summed E-state index contributed by atoms with van der Waals surface area (Å²) in [6.07, 6.45) is 0.555. The fraction of sp³-hybridized carbons (Fsp3) is 0.263. The van der Waals surface area contributed by atoms with Crippen LogP contribution in [-0.4, -0.2) is 30.6 Å². The van der Waals surface area contributed by atoms with Crippen LogP contribution in [0.2, 0.25) is 0 Å². The number of carboxylic acids is 1.